The molecule has 0 bridgehead atoms. The van der Waals surface area contributed by atoms with Crippen molar-refractivity contribution in [2.24, 2.45) is 10.8 Å². The minimum atomic E-state index is -1.06. The Labute approximate surface area is 181 Å². The standard InChI is InChI=1S/C23H40N2O5/c1-21(2,3)19(28)25(15-9-11-23(7,8)12-10-15)16-13-17(18(26)27)24(14-16)20(29)30-22(4,5)6/h15-17H,9-14H2,1-8H3,(H,26,27)/t16-,17+/m0/s1. The van der Waals surface area contributed by atoms with Crippen LogP contribution >= 0.6 is 0 Å². The summed E-state index contributed by atoms with van der Waals surface area (Å²) in [7, 11) is 0. The largest absolute Gasteiger partial charge is 0.480 e. The molecule has 0 aromatic carbocycles. The molecule has 2 amide bonds. The molecule has 1 N–H and O–H groups in total. The fourth-order valence-corrected chi connectivity index (χ4v) is 4.45. The molecule has 2 aliphatic rings. The lowest BCUT2D eigenvalue weighted by molar-refractivity contribution is -0.146. The van der Waals surface area contributed by atoms with Gasteiger partial charge in [0, 0.05) is 24.4 Å². The lowest BCUT2D eigenvalue weighted by Gasteiger charge is -2.45. The molecule has 2 rings (SSSR count). The Morgan fingerprint density at radius 1 is 1.00 bits per heavy atom. The van der Waals surface area contributed by atoms with Gasteiger partial charge in [-0.25, -0.2) is 9.59 Å². The van der Waals surface area contributed by atoms with Crippen LogP contribution in [0, 0.1) is 10.8 Å². The van der Waals surface area contributed by atoms with Crippen molar-refractivity contribution in [1.82, 2.24) is 9.80 Å². The summed E-state index contributed by atoms with van der Waals surface area (Å²) in [6.45, 7) is 15.6. The van der Waals surface area contributed by atoms with E-state index in [9.17, 15) is 19.5 Å². The third kappa shape index (κ3) is 5.88. The summed E-state index contributed by atoms with van der Waals surface area (Å²) >= 11 is 0. The Bertz CT molecular complexity index is 664. The van der Waals surface area contributed by atoms with Crippen molar-refractivity contribution in [3.8, 4) is 0 Å². The van der Waals surface area contributed by atoms with E-state index in [1.54, 1.807) is 20.8 Å². The number of nitrogens with zero attached hydrogens (tertiary/aromatic N) is 2. The van der Waals surface area contributed by atoms with Crippen molar-refractivity contribution in [2.45, 2.75) is 111 Å². The number of rotatable bonds is 3. The number of amides is 2. The van der Waals surface area contributed by atoms with Gasteiger partial charge in [-0.1, -0.05) is 34.6 Å². The van der Waals surface area contributed by atoms with Crippen molar-refractivity contribution in [3.63, 3.8) is 0 Å². The number of aliphatic carboxylic acids is 1. The van der Waals surface area contributed by atoms with Gasteiger partial charge in [-0.3, -0.25) is 9.69 Å². The first-order chi connectivity index (χ1) is 13.5. The molecule has 1 saturated heterocycles. The first-order valence-corrected chi connectivity index (χ1v) is 11.1. The molecule has 2 fully saturated rings. The van der Waals surface area contributed by atoms with Crippen molar-refractivity contribution >= 4 is 18.0 Å². The number of likely N-dealkylation sites (tertiary alicyclic amines) is 1. The van der Waals surface area contributed by atoms with Gasteiger partial charge in [0.05, 0.1) is 6.04 Å². The summed E-state index contributed by atoms with van der Waals surface area (Å²) < 4.78 is 5.45. The van der Waals surface area contributed by atoms with E-state index in [-0.39, 0.29) is 36.4 Å². The summed E-state index contributed by atoms with van der Waals surface area (Å²) in [5.74, 6) is -1.04. The van der Waals surface area contributed by atoms with Crippen molar-refractivity contribution in [2.75, 3.05) is 6.54 Å². The van der Waals surface area contributed by atoms with Crippen LogP contribution in [0.4, 0.5) is 4.79 Å². The maximum absolute atomic E-state index is 13.4. The molecule has 1 saturated carbocycles. The van der Waals surface area contributed by atoms with Crippen LogP contribution in [0.3, 0.4) is 0 Å². The molecule has 0 spiro atoms. The van der Waals surface area contributed by atoms with Crippen LogP contribution in [-0.4, -0.2) is 63.1 Å². The molecule has 1 heterocycles. The van der Waals surface area contributed by atoms with Gasteiger partial charge in [0.25, 0.3) is 0 Å². The third-order valence-corrected chi connectivity index (χ3v) is 6.16. The maximum Gasteiger partial charge on any atom is 0.411 e. The van der Waals surface area contributed by atoms with E-state index in [1.165, 1.54) is 4.90 Å². The second kappa shape index (κ2) is 8.39. The fourth-order valence-electron chi connectivity index (χ4n) is 4.45. The van der Waals surface area contributed by atoms with Gasteiger partial charge >= 0.3 is 12.1 Å². The zero-order valence-corrected chi connectivity index (χ0v) is 19.9. The van der Waals surface area contributed by atoms with Crippen LogP contribution in [0.5, 0.6) is 0 Å². The molecule has 0 aromatic heterocycles. The first-order valence-electron chi connectivity index (χ1n) is 11.1. The SMILES string of the molecule is CC1(C)CCC(N(C(=O)C(C)(C)C)[C@H]2C[C@H](C(=O)O)N(C(=O)OC(C)(C)C)C2)CC1. The zero-order chi connectivity index (χ0) is 23.1. The van der Waals surface area contributed by atoms with Gasteiger partial charge in [0.2, 0.25) is 5.91 Å². The molecular formula is C23H40N2O5. The molecule has 1 aliphatic heterocycles. The highest BCUT2D eigenvalue weighted by Gasteiger charge is 2.48. The van der Waals surface area contributed by atoms with Gasteiger partial charge in [-0.2, -0.15) is 0 Å². The average Bonchev–Trinajstić information content (AvgIpc) is 2.99. The van der Waals surface area contributed by atoms with Gasteiger partial charge in [0.1, 0.15) is 11.6 Å². The van der Waals surface area contributed by atoms with E-state index in [0.717, 1.165) is 25.7 Å². The summed E-state index contributed by atoms with van der Waals surface area (Å²) in [6.07, 6.45) is 3.44. The van der Waals surface area contributed by atoms with Crippen molar-refractivity contribution in [3.05, 3.63) is 0 Å². The van der Waals surface area contributed by atoms with E-state index in [1.807, 2.05) is 25.7 Å². The smallest absolute Gasteiger partial charge is 0.411 e. The topological polar surface area (TPSA) is 87.2 Å². The number of carboxylic acids is 1. The van der Waals surface area contributed by atoms with Gasteiger partial charge in [-0.15, -0.1) is 0 Å². The molecule has 2 atom stereocenters. The van der Waals surface area contributed by atoms with Crippen LogP contribution in [0.25, 0.3) is 0 Å². The lowest BCUT2D eigenvalue weighted by atomic mass is 9.74. The number of hydrogen-bond acceptors (Lipinski definition) is 4. The van der Waals surface area contributed by atoms with Gasteiger partial charge in [-0.05, 0) is 51.9 Å². The second-order valence-corrected chi connectivity index (χ2v) is 11.7. The van der Waals surface area contributed by atoms with Crippen molar-refractivity contribution < 1.29 is 24.2 Å². The first kappa shape index (κ1) is 24.5. The molecular weight excluding hydrogens is 384 g/mol. The lowest BCUT2D eigenvalue weighted by Crippen LogP contribution is -2.53. The van der Waals surface area contributed by atoms with Crippen LogP contribution in [0.15, 0.2) is 0 Å². The predicted octanol–water partition coefficient (Wildman–Crippen LogP) is 4.29. The molecule has 0 aromatic rings. The second-order valence-electron chi connectivity index (χ2n) is 11.7. The van der Waals surface area contributed by atoms with Crippen LogP contribution in [0.1, 0.15) is 87.5 Å². The zero-order valence-electron chi connectivity index (χ0n) is 19.9. The van der Waals surface area contributed by atoms with Crippen LogP contribution in [-0.2, 0) is 14.3 Å². The van der Waals surface area contributed by atoms with Gasteiger partial charge in [0.15, 0.2) is 0 Å². The molecule has 0 radical (unpaired) electrons. The highest BCUT2D eigenvalue weighted by molar-refractivity contribution is 5.84. The minimum Gasteiger partial charge on any atom is -0.480 e. The van der Waals surface area contributed by atoms with E-state index in [2.05, 4.69) is 13.8 Å². The predicted molar refractivity (Wildman–Crippen MR) is 115 cm³/mol. The molecule has 1 aliphatic carbocycles. The molecule has 7 heteroatoms. The summed E-state index contributed by atoms with van der Waals surface area (Å²) in [6, 6.07) is -1.24. The number of carbonyl (C=O) groups excluding carboxylic acids is 2. The van der Waals surface area contributed by atoms with Crippen LogP contribution < -0.4 is 0 Å². The summed E-state index contributed by atoms with van der Waals surface area (Å²) in [5, 5.41) is 9.75. The summed E-state index contributed by atoms with van der Waals surface area (Å²) in [4.78, 5) is 41.3. The monoisotopic (exact) mass is 424 g/mol. The Morgan fingerprint density at radius 2 is 1.53 bits per heavy atom. The van der Waals surface area contributed by atoms with E-state index >= 15 is 0 Å². The Morgan fingerprint density at radius 3 is 1.97 bits per heavy atom. The molecule has 30 heavy (non-hydrogen) atoms. The van der Waals surface area contributed by atoms with Crippen molar-refractivity contribution in [1.29, 1.82) is 0 Å². The van der Waals surface area contributed by atoms with Crippen LogP contribution in [0.2, 0.25) is 0 Å². The normalized spacial score (nSPS) is 25.1. The van der Waals surface area contributed by atoms with Gasteiger partial charge < -0.3 is 14.7 Å². The van der Waals surface area contributed by atoms with E-state index in [4.69, 9.17) is 4.74 Å². The molecule has 172 valence electrons. The Balaban J connectivity index is 2.30. The molecule has 7 nitrogen and oxygen atoms in total. The minimum absolute atomic E-state index is 0.0207. The number of ether oxygens (including phenoxy) is 1. The summed E-state index contributed by atoms with van der Waals surface area (Å²) in [5.41, 5.74) is -1.03. The highest BCUT2D eigenvalue weighted by Crippen LogP contribution is 2.40. The number of carbonyl (C=O) groups is 3. The van der Waals surface area contributed by atoms with E-state index < -0.39 is 29.1 Å². The highest BCUT2D eigenvalue weighted by atomic mass is 16.6. The number of carboxylic acid groups (broad SMARTS) is 1. The third-order valence-electron chi connectivity index (χ3n) is 6.16. The Hall–Kier alpha value is -1.79. The molecule has 0 unspecified atom stereocenters. The number of hydrogen-bond donors (Lipinski definition) is 1. The average molecular weight is 425 g/mol. The Kier molecular flexibility index (Phi) is 6.84. The van der Waals surface area contributed by atoms with E-state index in [0.29, 0.717) is 0 Å². The fraction of sp³-hybridized carbons (Fsp3) is 0.870. The maximum atomic E-state index is 13.4. The quantitative estimate of drug-likeness (QED) is 0.730.